The van der Waals surface area contributed by atoms with Crippen molar-refractivity contribution in [3.05, 3.63) is 17.9 Å². The summed E-state index contributed by atoms with van der Waals surface area (Å²) in [4.78, 5) is 6.53. The molecule has 2 fully saturated rings. The molecule has 0 radical (unpaired) electrons. The van der Waals surface area contributed by atoms with Crippen molar-refractivity contribution < 1.29 is 13.9 Å². The van der Waals surface area contributed by atoms with Gasteiger partial charge in [0, 0.05) is 45.3 Å². The molecule has 1 aromatic carbocycles. The zero-order chi connectivity index (χ0) is 19.0. The molecule has 6 nitrogen and oxygen atoms in total. The largest absolute Gasteiger partial charge is 0.369 e. The summed E-state index contributed by atoms with van der Waals surface area (Å²) in [5, 5.41) is 0. The quantitative estimate of drug-likeness (QED) is 0.806. The lowest BCUT2D eigenvalue weighted by Gasteiger charge is -2.36. The van der Waals surface area contributed by atoms with Crippen LogP contribution in [-0.2, 0) is 9.47 Å². The van der Waals surface area contributed by atoms with Crippen molar-refractivity contribution in [1.29, 1.82) is 0 Å². The van der Waals surface area contributed by atoms with Crippen LogP contribution in [0.4, 0.5) is 16.0 Å². The Bertz CT molecular complexity index is 791. The number of nitrogen functional groups attached to an aromatic ring is 1. The van der Waals surface area contributed by atoms with Gasteiger partial charge in [-0.3, -0.25) is 0 Å². The average molecular weight is 376 g/mol. The van der Waals surface area contributed by atoms with E-state index < -0.39 is 0 Å². The first-order valence-corrected chi connectivity index (χ1v) is 9.90. The zero-order valence-corrected chi connectivity index (χ0v) is 16.2. The van der Waals surface area contributed by atoms with Crippen LogP contribution in [0.2, 0.25) is 0 Å². The maximum atomic E-state index is 14.8. The summed E-state index contributed by atoms with van der Waals surface area (Å²) >= 11 is 0. The Labute approximate surface area is 159 Å². The van der Waals surface area contributed by atoms with Gasteiger partial charge in [-0.15, -0.1) is 0 Å². The van der Waals surface area contributed by atoms with Gasteiger partial charge in [0.1, 0.15) is 5.82 Å². The molecule has 1 saturated carbocycles. The van der Waals surface area contributed by atoms with E-state index in [0.717, 1.165) is 44.3 Å². The lowest BCUT2D eigenvalue weighted by molar-refractivity contribution is -0.141. The summed E-state index contributed by atoms with van der Waals surface area (Å²) in [6.45, 7) is 1.56. The molecule has 1 aliphatic heterocycles. The second-order valence-electron chi connectivity index (χ2n) is 7.73. The van der Waals surface area contributed by atoms with Gasteiger partial charge in [0.25, 0.3) is 0 Å². The first-order chi connectivity index (χ1) is 13.1. The van der Waals surface area contributed by atoms with Crippen LogP contribution in [0, 0.1) is 11.7 Å². The molecule has 27 heavy (non-hydrogen) atoms. The predicted octanol–water partition coefficient (Wildman–Crippen LogP) is 3.71. The van der Waals surface area contributed by atoms with E-state index in [1.165, 1.54) is 18.9 Å². The van der Waals surface area contributed by atoms with Crippen LogP contribution >= 0.6 is 0 Å². The van der Waals surface area contributed by atoms with Gasteiger partial charge < -0.3 is 24.7 Å². The molecular weight excluding hydrogens is 347 g/mol. The van der Waals surface area contributed by atoms with Gasteiger partial charge >= 0.3 is 0 Å². The number of methoxy groups -OCH3 is 2. The second kappa shape index (κ2) is 7.64. The average Bonchev–Trinajstić information content (AvgIpc) is 3.29. The highest BCUT2D eigenvalue weighted by molar-refractivity contribution is 5.83. The molecular formula is C20H29FN4O2. The first kappa shape index (κ1) is 18.5. The standard InChI is InChI=1S/C20H29FN4O2/c1-26-19(27-2)13-7-9-24(10-8-13)17-12-18-16(11-15(17)21)23-20(22)25(18)14-5-3-4-6-14/h11-14,19H,3-10H2,1-2H3,(H2,22,23). The summed E-state index contributed by atoms with van der Waals surface area (Å²) in [5.74, 6) is 0.602. The molecule has 0 atom stereocenters. The lowest BCUT2D eigenvalue weighted by Crippen LogP contribution is -2.39. The molecule has 2 aliphatic rings. The number of ether oxygens (including phenoxy) is 2. The predicted molar refractivity (Wildman–Crippen MR) is 104 cm³/mol. The minimum Gasteiger partial charge on any atom is -0.369 e. The number of nitrogens with zero attached hydrogens (tertiary/aromatic N) is 3. The maximum absolute atomic E-state index is 14.8. The second-order valence-corrected chi connectivity index (χ2v) is 7.73. The van der Waals surface area contributed by atoms with Crippen LogP contribution in [0.15, 0.2) is 12.1 Å². The van der Waals surface area contributed by atoms with Crippen molar-refractivity contribution in [2.75, 3.05) is 37.9 Å². The summed E-state index contributed by atoms with van der Waals surface area (Å²) in [5.41, 5.74) is 8.42. The molecule has 2 heterocycles. The number of hydrogen-bond donors (Lipinski definition) is 1. The van der Waals surface area contributed by atoms with Crippen molar-refractivity contribution in [1.82, 2.24) is 9.55 Å². The Balaban J connectivity index is 1.61. The molecule has 0 unspecified atom stereocenters. The van der Waals surface area contributed by atoms with Crippen molar-refractivity contribution >= 4 is 22.7 Å². The highest BCUT2D eigenvalue weighted by Crippen LogP contribution is 2.37. The Morgan fingerprint density at radius 2 is 1.78 bits per heavy atom. The third-order valence-corrected chi connectivity index (χ3v) is 6.21. The SMILES string of the molecule is COC(OC)C1CCN(c2cc3c(cc2F)nc(N)n3C2CCCC2)CC1. The summed E-state index contributed by atoms with van der Waals surface area (Å²) in [6, 6.07) is 3.85. The van der Waals surface area contributed by atoms with Gasteiger partial charge in [0.15, 0.2) is 6.29 Å². The number of aromatic nitrogens is 2. The van der Waals surface area contributed by atoms with Crippen molar-refractivity contribution in [3.63, 3.8) is 0 Å². The van der Waals surface area contributed by atoms with E-state index in [9.17, 15) is 4.39 Å². The maximum Gasteiger partial charge on any atom is 0.201 e. The molecule has 1 aromatic heterocycles. The van der Waals surface area contributed by atoms with E-state index in [0.29, 0.717) is 29.1 Å². The van der Waals surface area contributed by atoms with Crippen LogP contribution < -0.4 is 10.6 Å². The Morgan fingerprint density at radius 3 is 2.41 bits per heavy atom. The van der Waals surface area contributed by atoms with Gasteiger partial charge in [-0.2, -0.15) is 0 Å². The van der Waals surface area contributed by atoms with E-state index in [1.807, 2.05) is 6.07 Å². The molecule has 0 amide bonds. The van der Waals surface area contributed by atoms with Gasteiger partial charge in [-0.05, 0) is 31.7 Å². The van der Waals surface area contributed by atoms with E-state index in [-0.39, 0.29) is 12.1 Å². The van der Waals surface area contributed by atoms with E-state index in [1.54, 1.807) is 14.2 Å². The fourth-order valence-corrected chi connectivity index (χ4v) is 4.81. The van der Waals surface area contributed by atoms with E-state index >= 15 is 0 Å². The molecule has 2 aromatic rings. The van der Waals surface area contributed by atoms with Crippen LogP contribution in [-0.4, -0.2) is 43.2 Å². The highest BCUT2D eigenvalue weighted by Gasteiger charge is 2.29. The van der Waals surface area contributed by atoms with Gasteiger partial charge in [-0.25, -0.2) is 9.37 Å². The van der Waals surface area contributed by atoms with Crippen LogP contribution in [0.5, 0.6) is 0 Å². The summed E-state index contributed by atoms with van der Waals surface area (Å²) in [6.07, 6.45) is 6.29. The van der Waals surface area contributed by atoms with E-state index in [2.05, 4.69) is 14.5 Å². The fourth-order valence-electron chi connectivity index (χ4n) is 4.81. The minimum absolute atomic E-state index is 0.192. The minimum atomic E-state index is -0.230. The van der Waals surface area contributed by atoms with Crippen LogP contribution in [0.25, 0.3) is 11.0 Å². The molecule has 2 N–H and O–H groups in total. The topological polar surface area (TPSA) is 65.5 Å². The number of piperidine rings is 1. The summed E-state index contributed by atoms with van der Waals surface area (Å²) < 4.78 is 27.7. The third-order valence-electron chi connectivity index (χ3n) is 6.21. The Hall–Kier alpha value is -1.86. The highest BCUT2D eigenvalue weighted by atomic mass is 19.1. The molecule has 7 heteroatoms. The molecule has 4 rings (SSSR count). The number of halogens is 1. The smallest absolute Gasteiger partial charge is 0.201 e. The fraction of sp³-hybridized carbons (Fsp3) is 0.650. The Kier molecular flexibility index (Phi) is 5.23. The number of fused-ring (bicyclic) bond motifs is 1. The van der Waals surface area contributed by atoms with Gasteiger partial charge in [-0.1, -0.05) is 12.8 Å². The van der Waals surface area contributed by atoms with Crippen molar-refractivity contribution in [2.24, 2.45) is 5.92 Å². The normalized spacial score (nSPS) is 19.6. The number of nitrogens with two attached hydrogens (primary N) is 1. The monoisotopic (exact) mass is 376 g/mol. The van der Waals surface area contributed by atoms with Crippen molar-refractivity contribution in [3.8, 4) is 0 Å². The lowest BCUT2D eigenvalue weighted by atomic mass is 9.95. The zero-order valence-electron chi connectivity index (χ0n) is 16.2. The Morgan fingerprint density at radius 1 is 1.11 bits per heavy atom. The number of imidazole rings is 1. The van der Waals surface area contributed by atoms with Crippen LogP contribution in [0.3, 0.4) is 0 Å². The van der Waals surface area contributed by atoms with Crippen molar-refractivity contribution in [2.45, 2.75) is 50.9 Å². The molecule has 1 saturated heterocycles. The third kappa shape index (κ3) is 3.38. The molecule has 1 aliphatic carbocycles. The number of anilines is 2. The molecule has 0 bridgehead atoms. The van der Waals surface area contributed by atoms with Gasteiger partial charge in [0.2, 0.25) is 5.95 Å². The number of hydrogen-bond acceptors (Lipinski definition) is 5. The summed E-state index contributed by atoms with van der Waals surface area (Å²) in [7, 11) is 3.34. The van der Waals surface area contributed by atoms with E-state index in [4.69, 9.17) is 15.2 Å². The first-order valence-electron chi connectivity index (χ1n) is 9.90. The molecule has 0 spiro atoms. The van der Waals surface area contributed by atoms with Gasteiger partial charge in [0.05, 0.1) is 16.7 Å². The van der Waals surface area contributed by atoms with Crippen LogP contribution in [0.1, 0.15) is 44.6 Å². The molecule has 148 valence electrons. The number of benzene rings is 1. The number of rotatable bonds is 5.